The first kappa shape index (κ1) is 27.8. The van der Waals surface area contributed by atoms with Crippen molar-refractivity contribution in [2.75, 3.05) is 10.2 Å². The van der Waals surface area contributed by atoms with E-state index in [4.69, 9.17) is 4.74 Å². The van der Waals surface area contributed by atoms with Crippen LogP contribution in [0.2, 0.25) is 0 Å². The summed E-state index contributed by atoms with van der Waals surface area (Å²) in [5, 5.41) is 3.07. The summed E-state index contributed by atoms with van der Waals surface area (Å²) in [5.74, 6) is -2.26. The second-order valence-corrected chi connectivity index (χ2v) is 11.9. The van der Waals surface area contributed by atoms with E-state index >= 15 is 4.79 Å². The summed E-state index contributed by atoms with van der Waals surface area (Å²) < 4.78 is 6.52. The van der Waals surface area contributed by atoms with Crippen LogP contribution in [0.5, 0.6) is 0 Å². The Kier molecular flexibility index (Phi) is 6.64. The molecule has 4 atom stereocenters. The normalized spacial score (nSPS) is 22.2. The summed E-state index contributed by atoms with van der Waals surface area (Å²) in [7, 11) is 0. The number of rotatable bonds is 6. The lowest BCUT2D eigenvalue weighted by atomic mass is 9.64. The van der Waals surface area contributed by atoms with Crippen LogP contribution in [0.3, 0.4) is 0 Å². The highest BCUT2D eigenvalue weighted by Gasteiger charge is 2.71. The number of hydrogen-bond acceptors (Lipinski definition) is 5. The van der Waals surface area contributed by atoms with Gasteiger partial charge < -0.3 is 15.0 Å². The smallest absolute Gasteiger partial charge is 0.330 e. The highest BCUT2D eigenvalue weighted by molar-refractivity contribution is 6.16. The van der Waals surface area contributed by atoms with Crippen molar-refractivity contribution in [2.24, 2.45) is 5.92 Å². The van der Waals surface area contributed by atoms with Gasteiger partial charge in [0.1, 0.15) is 11.5 Å². The Hall–Kier alpha value is -5.75. The van der Waals surface area contributed by atoms with E-state index in [-0.39, 0.29) is 11.7 Å². The van der Waals surface area contributed by atoms with E-state index < -0.39 is 35.5 Å². The van der Waals surface area contributed by atoms with Gasteiger partial charge in [0.05, 0.1) is 12.0 Å². The maximum Gasteiger partial charge on any atom is 0.330 e. The summed E-state index contributed by atoms with van der Waals surface area (Å²) in [4.78, 5) is 46.4. The Labute approximate surface area is 267 Å². The predicted molar refractivity (Wildman–Crippen MR) is 177 cm³/mol. The topological polar surface area (TPSA) is 75.7 Å². The fourth-order valence-corrected chi connectivity index (χ4v) is 7.64. The third-order valence-electron chi connectivity index (χ3n) is 9.56. The number of carbonyl (C=O) groups excluding carboxylic acids is 3. The first-order valence-electron chi connectivity index (χ1n) is 15.4. The zero-order valence-electron chi connectivity index (χ0n) is 24.8. The van der Waals surface area contributed by atoms with Crippen molar-refractivity contribution in [1.82, 2.24) is 0 Å². The SMILES string of the molecule is O=C(c1ccccc1)[C@@H]1[C@H](C(=O)OC(c2ccccc2)c2ccccc2)N2c3ccccc3C=CC2[C@@]12C(=O)Nc1ccccc12. The minimum atomic E-state index is -1.40. The molecule has 3 heterocycles. The number of para-hydroxylation sites is 2. The van der Waals surface area contributed by atoms with Gasteiger partial charge in [-0.25, -0.2) is 4.79 Å². The average molecular weight is 603 g/mol. The molecule has 0 aromatic heterocycles. The van der Waals surface area contributed by atoms with Crippen molar-refractivity contribution in [1.29, 1.82) is 0 Å². The Morgan fingerprint density at radius 1 is 0.717 bits per heavy atom. The minimum absolute atomic E-state index is 0.286. The number of ketones is 1. The number of carbonyl (C=O) groups is 3. The summed E-state index contributed by atoms with van der Waals surface area (Å²) in [6.07, 6.45) is 3.23. The molecular weight excluding hydrogens is 572 g/mol. The van der Waals surface area contributed by atoms with E-state index in [1.165, 1.54) is 0 Å². The minimum Gasteiger partial charge on any atom is -0.451 e. The van der Waals surface area contributed by atoms with Crippen molar-refractivity contribution in [3.8, 4) is 0 Å². The zero-order chi connectivity index (χ0) is 31.3. The maximum atomic E-state index is 15.0. The average Bonchev–Trinajstić information content (AvgIpc) is 3.60. The molecule has 5 aromatic carbocycles. The molecule has 0 aliphatic carbocycles. The standard InChI is InChI=1S/C40H30N2O4/c43-36(27-15-4-1-5-16-27)34-35(38(44)46-37(28-17-6-2-7-18-28)29-19-8-3-9-20-29)42-32-23-13-10-14-26(32)24-25-33(42)40(34)30-21-11-12-22-31(30)41-39(40)45/h1-25,33-35,37H,(H,41,45)/t33?,34-,35+,40+/m0/s1. The number of amides is 1. The van der Waals surface area contributed by atoms with Crippen molar-refractivity contribution in [3.05, 3.63) is 173 Å². The molecule has 1 amide bonds. The molecule has 0 bridgehead atoms. The fourth-order valence-electron chi connectivity index (χ4n) is 7.64. The Morgan fingerprint density at radius 2 is 1.30 bits per heavy atom. The lowest BCUT2D eigenvalue weighted by Crippen LogP contribution is -2.51. The second kappa shape index (κ2) is 11.0. The largest absolute Gasteiger partial charge is 0.451 e. The third-order valence-corrected chi connectivity index (χ3v) is 9.56. The molecule has 1 N–H and O–H groups in total. The molecule has 224 valence electrons. The first-order valence-corrected chi connectivity index (χ1v) is 15.4. The molecule has 0 radical (unpaired) electrons. The quantitative estimate of drug-likeness (QED) is 0.168. The van der Waals surface area contributed by atoms with Gasteiger partial charge in [0.25, 0.3) is 0 Å². The van der Waals surface area contributed by atoms with Crippen LogP contribution in [0.4, 0.5) is 11.4 Å². The number of esters is 1. The van der Waals surface area contributed by atoms with E-state index in [0.29, 0.717) is 16.8 Å². The molecule has 0 saturated carbocycles. The molecule has 1 fully saturated rings. The number of ether oxygens (including phenoxy) is 1. The molecule has 6 nitrogen and oxygen atoms in total. The van der Waals surface area contributed by atoms with E-state index in [1.54, 1.807) is 24.3 Å². The van der Waals surface area contributed by atoms with Crippen LogP contribution in [0.25, 0.3) is 6.08 Å². The summed E-state index contributed by atoms with van der Waals surface area (Å²) in [6, 6.07) is 41.6. The molecule has 5 aromatic rings. The number of fused-ring (bicyclic) bond motifs is 6. The molecule has 8 rings (SSSR count). The Bertz CT molecular complexity index is 1950. The number of anilines is 2. The Balaban J connectivity index is 1.35. The Morgan fingerprint density at radius 3 is 2.00 bits per heavy atom. The molecular formula is C40H30N2O4. The maximum absolute atomic E-state index is 15.0. The van der Waals surface area contributed by atoms with Crippen LogP contribution in [0.1, 0.15) is 38.7 Å². The summed E-state index contributed by atoms with van der Waals surface area (Å²) >= 11 is 0. The first-order chi connectivity index (χ1) is 22.6. The summed E-state index contributed by atoms with van der Waals surface area (Å²) in [5.41, 5.74) is 3.66. The van der Waals surface area contributed by atoms with Gasteiger partial charge in [-0.05, 0) is 34.4 Å². The molecule has 3 aliphatic rings. The van der Waals surface area contributed by atoms with Gasteiger partial charge >= 0.3 is 5.97 Å². The number of nitrogens with zero attached hydrogens (tertiary/aromatic N) is 1. The second-order valence-electron chi connectivity index (χ2n) is 11.9. The lowest BCUT2D eigenvalue weighted by molar-refractivity contribution is -0.150. The molecule has 6 heteroatoms. The highest BCUT2D eigenvalue weighted by Crippen LogP contribution is 2.58. The zero-order valence-corrected chi connectivity index (χ0v) is 24.8. The van der Waals surface area contributed by atoms with Crippen molar-refractivity contribution in [2.45, 2.75) is 23.6 Å². The van der Waals surface area contributed by atoms with Crippen LogP contribution in [-0.4, -0.2) is 29.7 Å². The van der Waals surface area contributed by atoms with Crippen LogP contribution in [0.15, 0.2) is 146 Å². The number of Topliss-reactive ketones (excluding diaryl/α,β-unsaturated/α-hetero) is 1. The highest BCUT2D eigenvalue weighted by atomic mass is 16.5. The van der Waals surface area contributed by atoms with Gasteiger partial charge in [0, 0.05) is 16.9 Å². The van der Waals surface area contributed by atoms with Crippen molar-refractivity contribution < 1.29 is 19.1 Å². The van der Waals surface area contributed by atoms with Crippen LogP contribution in [0, 0.1) is 5.92 Å². The number of benzene rings is 5. The van der Waals surface area contributed by atoms with E-state index in [1.807, 2.05) is 132 Å². The third kappa shape index (κ3) is 4.14. The lowest BCUT2D eigenvalue weighted by Gasteiger charge is -2.37. The fraction of sp³-hybridized carbons (Fsp3) is 0.125. The van der Waals surface area contributed by atoms with Crippen molar-refractivity contribution in [3.63, 3.8) is 0 Å². The van der Waals surface area contributed by atoms with Gasteiger partial charge in [-0.1, -0.05) is 140 Å². The van der Waals surface area contributed by atoms with Gasteiger partial charge in [-0.15, -0.1) is 0 Å². The van der Waals surface area contributed by atoms with E-state index in [2.05, 4.69) is 5.32 Å². The van der Waals surface area contributed by atoms with Gasteiger partial charge in [-0.3, -0.25) is 9.59 Å². The van der Waals surface area contributed by atoms with Crippen molar-refractivity contribution >= 4 is 35.1 Å². The molecule has 1 unspecified atom stereocenters. The summed E-state index contributed by atoms with van der Waals surface area (Å²) in [6.45, 7) is 0. The van der Waals surface area contributed by atoms with Crippen LogP contribution < -0.4 is 10.2 Å². The van der Waals surface area contributed by atoms with Gasteiger partial charge in [0.15, 0.2) is 11.9 Å². The predicted octanol–water partition coefficient (Wildman–Crippen LogP) is 6.99. The molecule has 46 heavy (non-hydrogen) atoms. The van der Waals surface area contributed by atoms with Crippen LogP contribution >= 0.6 is 0 Å². The number of hydrogen-bond donors (Lipinski definition) is 1. The van der Waals surface area contributed by atoms with Gasteiger partial charge in [0.2, 0.25) is 5.91 Å². The monoisotopic (exact) mass is 602 g/mol. The van der Waals surface area contributed by atoms with E-state index in [0.717, 1.165) is 22.4 Å². The molecule has 1 saturated heterocycles. The molecule has 1 spiro atoms. The van der Waals surface area contributed by atoms with Gasteiger partial charge in [-0.2, -0.15) is 0 Å². The van der Waals surface area contributed by atoms with E-state index in [9.17, 15) is 9.59 Å². The molecule has 3 aliphatic heterocycles. The number of nitrogens with one attached hydrogen (secondary N) is 1. The van der Waals surface area contributed by atoms with Crippen LogP contribution in [-0.2, 0) is 19.7 Å².